The molecule has 322 valence electrons. The van der Waals surface area contributed by atoms with Crippen LogP contribution in [-0.2, 0) is 0 Å². The van der Waals surface area contributed by atoms with E-state index in [9.17, 15) is 39.6 Å². The lowest BCUT2D eigenvalue weighted by molar-refractivity contribution is 0.0686. The minimum atomic E-state index is -1.06. The summed E-state index contributed by atoms with van der Waals surface area (Å²) in [6.07, 6.45) is 7.21. The summed E-state index contributed by atoms with van der Waals surface area (Å²) in [5.74, 6) is 21.4. The minimum absolute atomic E-state index is 0.116. The topological polar surface area (TPSA) is 207 Å². The first kappa shape index (κ1) is 42.9. The smallest absolute Gasteiger partial charge is 0.335 e. The molecule has 0 saturated carbocycles. The fourth-order valence-corrected chi connectivity index (χ4v) is 7.06. The Labute approximate surface area is 386 Å². The van der Waals surface area contributed by atoms with Crippen LogP contribution >= 0.6 is 0 Å². The molecule has 12 nitrogen and oxygen atoms in total. The molecule has 5 heterocycles. The van der Waals surface area contributed by atoms with Crippen molar-refractivity contribution in [2.75, 3.05) is 0 Å². The number of fused-ring (bicyclic) bond motifs is 8. The molecule has 7 aromatic rings. The average Bonchev–Trinajstić information content (AvgIpc) is 4.20. The van der Waals surface area contributed by atoms with Crippen molar-refractivity contribution in [2.45, 2.75) is 0 Å². The largest absolute Gasteiger partial charge is 0.478 e. The number of benzene rings is 4. The number of aromatic nitrogens is 4. The Bertz CT molecular complexity index is 3620. The standard InChI is InChI=1S/C56H30N4O8/c61-53(62)37-13-1-33(2-14-37)9-21-41-45-25-27-47(57-45)42(22-10-34-3-15-38(16-4-34)54(63)64)49-29-31-51(59-49)44(24-12-36-7-19-40(20-8-36)56(67)68)52-32-30-50(60-52)43(48-28-26-46(41)58-48)23-11-35-5-17-39(18-6-35)55(65)66/h1-8,13-20,25-32,57-58H,(H,61,62)(H,63,64)(H,65,66)(H,67,68). The van der Waals surface area contributed by atoms with Crippen LogP contribution < -0.4 is 0 Å². The lowest BCUT2D eigenvalue weighted by atomic mass is 10.1. The molecular weight excluding hydrogens is 857 g/mol. The molecule has 0 radical (unpaired) electrons. The van der Waals surface area contributed by atoms with Crippen LogP contribution in [0.25, 0.3) is 46.4 Å². The van der Waals surface area contributed by atoms with Gasteiger partial charge in [-0.15, -0.1) is 0 Å². The second-order valence-electron chi connectivity index (χ2n) is 15.0. The van der Waals surface area contributed by atoms with Crippen molar-refractivity contribution < 1.29 is 39.6 Å². The Morgan fingerprint density at radius 1 is 0.309 bits per heavy atom. The van der Waals surface area contributed by atoms with Crippen molar-refractivity contribution in [3.63, 3.8) is 0 Å². The highest BCUT2D eigenvalue weighted by Gasteiger charge is 2.16. The molecule has 8 bridgehead atoms. The summed E-state index contributed by atoms with van der Waals surface area (Å²) in [4.78, 5) is 63.4. The summed E-state index contributed by atoms with van der Waals surface area (Å²) < 4.78 is 0. The van der Waals surface area contributed by atoms with E-state index in [0.29, 0.717) is 89.4 Å². The lowest BCUT2D eigenvalue weighted by Crippen LogP contribution is -1.95. The molecule has 6 N–H and O–H groups in total. The molecule has 0 fully saturated rings. The van der Waals surface area contributed by atoms with Crippen molar-refractivity contribution in [1.29, 1.82) is 0 Å². The molecule has 3 aromatic heterocycles. The van der Waals surface area contributed by atoms with Gasteiger partial charge in [-0.25, -0.2) is 29.1 Å². The van der Waals surface area contributed by atoms with Gasteiger partial charge in [-0.1, -0.05) is 47.4 Å². The van der Waals surface area contributed by atoms with Gasteiger partial charge in [0, 0.05) is 22.3 Å². The Balaban J connectivity index is 1.33. The van der Waals surface area contributed by atoms with Gasteiger partial charge in [0.25, 0.3) is 0 Å². The zero-order valence-electron chi connectivity index (χ0n) is 35.2. The molecule has 0 aliphatic carbocycles. The molecule has 0 spiro atoms. The van der Waals surface area contributed by atoms with Crippen LogP contribution in [0.3, 0.4) is 0 Å². The summed E-state index contributed by atoms with van der Waals surface area (Å²) in [7, 11) is 0. The van der Waals surface area contributed by atoms with E-state index in [0.717, 1.165) is 0 Å². The van der Waals surface area contributed by atoms with Crippen LogP contribution in [0.15, 0.2) is 121 Å². The Morgan fingerprint density at radius 2 is 0.544 bits per heavy atom. The fourth-order valence-electron chi connectivity index (χ4n) is 7.06. The number of carboxylic acids is 4. The first-order valence-electron chi connectivity index (χ1n) is 20.5. The quantitative estimate of drug-likeness (QED) is 0.0925. The maximum Gasteiger partial charge on any atom is 0.335 e. The van der Waals surface area contributed by atoms with E-state index in [-0.39, 0.29) is 22.3 Å². The number of aromatic carboxylic acids is 4. The number of carboxylic acid groups (broad SMARTS) is 4. The molecule has 0 atom stereocenters. The third-order valence-corrected chi connectivity index (χ3v) is 10.6. The minimum Gasteiger partial charge on any atom is -0.478 e. The van der Waals surface area contributed by atoms with Crippen LogP contribution in [0.2, 0.25) is 0 Å². The molecule has 2 aliphatic heterocycles. The number of nitrogens with zero attached hydrogens (tertiary/aromatic N) is 2. The number of hydrogen-bond donors (Lipinski definition) is 6. The fraction of sp³-hybridized carbons (Fsp3) is 0. The van der Waals surface area contributed by atoms with E-state index in [1.54, 1.807) is 72.8 Å². The highest BCUT2D eigenvalue weighted by Crippen LogP contribution is 2.27. The first-order valence-corrected chi connectivity index (χ1v) is 20.5. The van der Waals surface area contributed by atoms with Crippen LogP contribution in [-0.4, -0.2) is 64.2 Å². The van der Waals surface area contributed by atoms with Crippen LogP contribution in [0.5, 0.6) is 0 Å². The predicted octanol–water partition coefficient (Wildman–Crippen LogP) is 9.05. The van der Waals surface area contributed by atoms with E-state index in [4.69, 9.17) is 9.97 Å². The highest BCUT2D eigenvalue weighted by atomic mass is 16.4. The molecule has 12 heteroatoms. The molecule has 9 rings (SSSR count). The summed E-state index contributed by atoms with van der Waals surface area (Å²) >= 11 is 0. The second-order valence-corrected chi connectivity index (χ2v) is 15.0. The number of rotatable bonds is 4. The molecular formula is C56H30N4O8. The third kappa shape index (κ3) is 9.29. The van der Waals surface area contributed by atoms with Gasteiger partial charge in [0.2, 0.25) is 0 Å². The molecule has 0 saturated heterocycles. The van der Waals surface area contributed by atoms with Gasteiger partial charge in [0.15, 0.2) is 0 Å². The first-order chi connectivity index (χ1) is 32.9. The molecule has 4 aromatic carbocycles. The SMILES string of the molecule is O=C(O)c1ccc(C#Cc2c3nc(c(C#Cc4ccc(C(=O)O)cc4)c4ccc([nH]4)c(C#Cc4ccc(C(=O)O)cc4)c4ccc([nH]4)c(C#Cc4ccc(C(=O)O)cc4)c4nc2C=C4)C=C3)cc1. The number of carbonyl (C=O) groups is 4. The molecule has 0 unspecified atom stereocenters. The van der Waals surface area contributed by atoms with Gasteiger partial charge < -0.3 is 30.4 Å². The van der Waals surface area contributed by atoms with E-state index < -0.39 is 23.9 Å². The Kier molecular flexibility index (Phi) is 11.6. The zero-order chi connectivity index (χ0) is 47.3. The summed E-state index contributed by atoms with van der Waals surface area (Å²) in [5.41, 5.74) is 8.94. The molecule has 0 amide bonds. The van der Waals surface area contributed by atoms with Crippen LogP contribution in [0.4, 0.5) is 0 Å². The maximum atomic E-state index is 11.6. The van der Waals surface area contributed by atoms with Crippen molar-refractivity contribution >= 4 is 70.2 Å². The Morgan fingerprint density at radius 3 is 0.824 bits per heavy atom. The van der Waals surface area contributed by atoms with Crippen LogP contribution in [0.1, 0.15) is 109 Å². The highest BCUT2D eigenvalue weighted by molar-refractivity contribution is 5.91. The van der Waals surface area contributed by atoms with Crippen molar-refractivity contribution in [3.05, 3.63) is 211 Å². The zero-order valence-corrected chi connectivity index (χ0v) is 35.2. The monoisotopic (exact) mass is 886 g/mol. The Hall–Kier alpha value is -10.4. The number of hydrogen-bond acceptors (Lipinski definition) is 6. The summed E-state index contributed by atoms with van der Waals surface area (Å²) in [6.45, 7) is 0. The van der Waals surface area contributed by atoms with Gasteiger partial charge in [-0.2, -0.15) is 0 Å². The second kappa shape index (κ2) is 18.4. The van der Waals surface area contributed by atoms with Gasteiger partial charge >= 0.3 is 23.9 Å². The summed E-state index contributed by atoms with van der Waals surface area (Å²) in [6, 6.07) is 32.2. The molecule has 2 aliphatic rings. The van der Waals surface area contributed by atoms with Gasteiger partial charge in [-0.3, -0.25) is 0 Å². The summed E-state index contributed by atoms with van der Waals surface area (Å²) in [5, 5.41) is 37.9. The van der Waals surface area contributed by atoms with E-state index >= 15 is 0 Å². The van der Waals surface area contributed by atoms with Crippen LogP contribution in [0, 0.1) is 47.4 Å². The van der Waals surface area contributed by atoms with Crippen molar-refractivity contribution in [1.82, 2.24) is 19.9 Å². The van der Waals surface area contributed by atoms with Gasteiger partial charge in [-0.05, 0) is 146 Å². The number of aromatic amines is 2. The van der Waals surface area contributed by atoms with Crippen molar-refractivity contribution in [2.24, 2.45) is 0 Å². The van der Waals surface area contributed by atoms with E-state index in [2.05, 4.69) is 57.3 Å². The third-order valence-electron chi connectivity index (χ3n) is 10.6. The molecule has 68 heavy (non-hydrogen) atoms. The van der Waals surface area contributed by atoms with E-state index in [1.165, 1.54) is 48.5 Å². The normalized spacial score (nSPS) is 10.8. The van der Waals surface area contributed by atoms with E-state index in [1.807, 2.05) is 24.3 Å². The van der Waals surface area contributed by atoms with Gasteiger partial charge in [0.1, 0.15) is 0 Å². The average molecular weight is 887 g/mol. The van der Waals surface area contributed by atoms with Gasteiger partial charge in [0.05, 0.1) is 89.4 Å². The maximum absolute atomic E-state index is 11.6. The lowest BCUT2D eigenvalue weighted by Gasteiger charge is -1.98. The number of nitrogens with one attached hydrogen (secondary N) is 2. The predicted molar refractivity (Wildman–Crippen MR) is 256 cm³/mol. The number of H-pyrrole nitrogens is 2. The van der Waals surface area contributed by atoms with Crippen molar-refractivity contribution in [3.8, 4) is 47.4 Å².